The number of aliphatic hydroxyl groups is 2. The van der Waals surface area contributed by atoms with Crippen molar-refractivity contribution in [2.75, 3.05) is 19.7 Å². The Bertz CT molecular complexity index is 75.4. The Balaban J connectivity index is 2.33. The van der Waals surface area contributed by atoms with Gasteiger partial charge in [-0.25, -0.2) is 0 Å². The third-order valence-corrected chi connectivity index (χ3v) is 0.967. The van der Waals surface area contributed by atoms with E-state index >= 15 is 0 Å². The van der Waals surface area contributed by atoms with Gasteiger partial charge in [-0.1, -0.05) is 0 Å². The number of hydrogen-bond acceptors (Lipinski definition) is 4. The minimum Gasteiger partial charge on any atom is -0.342 e. The van der Waals surface area contributed by atoms with Gasteiger partial charge in [0, 0.05) is 6.54 Å². The van der Waals surface area contributed by atoms with E-state index in [0.29, 0.717) is 13.2 Å². The van der Waals surface area contributed by atoms with Gasteiger partial charge in [0.1, 0.15) is 0 Å². The number of morpholine rings is 1. The highest BCUT2D eigenvalue weighted by Gasteiger charge is 2.26. The monoisotopic (exact) mass is 119 g/mol. The molecule has 0 saturated carbocycles. The van der Waals surface area contributed by atoms with Gasteiger partial charge >= 0.3 is 0 Å². The van der Waals surface area contributed by atoms with Crippen molar-refractivity contribution < 1.29 is 14.9 Å². The molecule has 0 radical (unpaired) electrons. The van der Waals surface area contributed by atoms with Gasteiger partial charge in [-0.3, -0.25) is 0 Å². The number of rotatable bonds is 0. The highest BCUT2D eigenvalue weighted by atomic mass is 16.8. The maximum Gasteiger partial charge on any atom is 0.291 e. The standard InChI is InChI=1S/C4H9NO3/c6-4(7)3-5-1-2-8-4/h5-7H,1-3H2. The topological polar surface area (TPSA) is 61.7 Å². The van der Waals surface area contributed by atoms with Crippen LogP contribution in [0.25, 0.3) is 0 Å². The van der Waals surface area contributed by atoms with Gasteiger partial charge in [-0.15, -0.1) is 0 Å². The van der Waals surface area contributed by atoms with Crippen LogP contribution in [-0.2, 0) is 4.74 Å². The highest BCUT2D eigenvalue weighted by Crippen LogP contribution is 2.01. The first-order valence-electron chi connectivity index (χ1n) is 2.50. The number of β-amino-alcohol motifs (C(OH)–C–C–N with tert-alkyl or cyclic N) is 2. The molecule has 0 aromatic carbocycles. The second-order valence-corrected chi connectivity index (χ2v) is 1.77. The summed E-state index contributed by atoms with van der Waals surface area (Å²) in [4.78, 5) is 0. The van der Waals surface area contributed by atoms with Crippen molar-refractivity contribution in [1.82, 2.24) is 5.32 Å². The molecule has 0 aromatic rings. The highest BCUT2D eigenvalue weighted by molar-refractivity contribution is 4.61. The van der Waals surface area contributed by atoms with E-state index in [4.69, 9.17) is 10.2 Å². The normalized spacial score (nSPS) is 27.8. The van der Waals surface area contributed by atoms with Crippen molar-refractivity contribution in [3.8, 4) is 0 Å². The average Bonchev–Trinajstić information content (AvgIpc) is 1.65. The van der Waals surface area contributed by atoms with E-state index in [1.165, 1.54) is 0 Å². The molecule has 3 N–H and O–H groups in total. The van der Waals surface area contributed by atoms with Gasteiger partial charge in [-0.05, 0) is 0 Å². The first-order chi connectivity index (χ1) is 3.71. The molecule has 1 heterocycles. The molecule has 0 aromatic heterocycles. The Kier molecular flexibility index (Phi) is 1.48. The quantitative estimate of drug-likeness (QED) is 0.331. The summed E-state index contributed by atoms with van der Waals surface area (Å²) in [5.41, 5.74) is 0. The first kappa shape index (κ1) is 5.97. The second kappa shape index (κ2) is 1.99. The molecule has 0 amide bonds. The summed E-state index contributed by atoms with van der Waals surface area (Å²) in [6.45, 7) is 1.13. The molecule has 4 heteroatoms. The lowest BCUT2D eigenvalue weighted by Gasteiger charge is -2.26. The van der Waals surface area contributed by atoms with Gasteiger partial charge in [0.25, 0.3) is 5.97 Å². The fourth-order valence-electron chi connectivity index (χ4n) is 0.589. The minimum absolute atomic E-state index is 0.0903. The zero-order valence-corrected chi connectivity index (χ0v) is 4.42. The predicted octanol–water partition coefficient (Wildman–Crippen LogP) is -1.76. The van der Waals surface area contributed by atoms with Crippen LogP contribution in [0.2, 0.25) is 0 Å². The average molecular weight is 119 g/mol. The van der Waals surface area contributed by atoms with Crippen LogP contribution >= 0.6 is 0 Å². The maximum atomic E-state index is 8.65. The van der Waals surface area contributed by atoms with Gasteiger partial charge in [-0.2, -0.15) is 0 Å². The zero-order valence-electron chi connectivity index (χ0n) is 4.42. The number of nitrogens with one attached hydrogen (secondary N) is 1. The molecule has 8 heavy (non-hydrogen) atoms. The number of hydrogen-bond donors (Lipinski definition) is 3. The van der Waals surface area contributed by atoms with E-state index < -0.39 is 5.97 Å². The summed E-state index contributed by atoms with van der Waals surface area (Å²) in [5, 5.41) is 20.0. The summed E-state index contributed by atoms with van der Waals surface area (Å²) in [6, 6.07) is 0. The number of ether oxygens (including phenoxy) is 1. The molecule has 1 aliphatic heterocycles. The van der Waals surface area contributed by atoms with Crippen LogP contribution in [0.5, 0.6) is 0 Å². The van der Waals surface area contributed by atoms with E-state index in [1.54, 1.807) is 0 Å². The van der Waals surface area contributed by atoms with Gasteiger partial charge < -0.3 is 20.3 Å². The molecule has 1 fully saturated rings. The minimum atomic E-state index is -1.93. The van der Waals surface area contributed by atoms with Gasteiger partial charge in [0.15, 0.2) is 0 Å². The van der Waals surface area contributed by atoms with Crippen molar-refractivity contribution >= 4 is 0 Å². The van der Waals surface area contributed by atoms with Gasteiger partial charge in [0.2, 0.25) is 0 Å². The fraction of sp³-hybridized carbons (Fsp3) is 1.00. The molecule has 0 spiro atoms. The smallest absolute Gasteiger partial charge is 0.291 e. The van der Waals surface area contributed by atoms with Crippen LogP contribution in [-0.4, -0.2) is 35.9 Å². The Hall–Kier alpha value is -0.160. The van der Waals surface area contributed by atoms with Crippen molar-refractivity contribution in [2.24, 2.45) is 0 Å². The summed E-state index contributed by atoms with van der Waals surface area (Å²) in [5.74, 6) is -1.93. The molecule has 48 valence electrons. The Morgan fingerprint density at radius 1 is 1.50 bits per heavy atom. The molecule has 1 rings (SSSR count). The maximum absolute atomic E-state index is 8.65. The van der Waals surface area contributed by atoms with Crippen LogP contribution in [0.3, 0.4) is 0 Å². The van der Waals surface area contributed by atoms with Crippen molar-refractivity contribution in [3.05, 3.63) is 0 Å². The molecule has 0 unspecified atom stereocenters. The Morgan fingerprint density at radius 3 is 2.50 bits per heavy atom. The predicted molar refractivity (Wildman–Crippen MR) is 26.0 cm³/mol. The molecule has 4 nitrogen and oxygen atoms in total. The van der Waals surface area contributed by atoms with E-state index in [0.717, 1.165) is 0 Å². The van der Waals surface area contributed by atoms with Crippen LogP contribution in [0, 0.1) is 0 Å². The van der Waals surface area contributed by atoms with Crippen molar-refractivity contribution in [2.45, 2.75) is 5.97 Å². The summed E-state index contributed by atoms with van der Waals surface area (Å²) in [6.07, 6.45) is 0. The molecular formula is C4H9NO3. The third kappa shape index (κ3) is 1.41. The third-order valence-electron chi connectivity index (χ3n) is 0.967. The van der Waals surface area contributed by atoms with Crippen molar-refractivity contribution in [3.63, 3.8) is 0 Å². The van der Waals surface area contributed by atoms with Crippen molar-refractivity contribution in [1.29, 1.82) is 0 Å². The zero-order chi connectivity index (χ0) is 6.04. The largest absolute Gasteiger partial charge is 0.342 e. The molecule has 1 saturated heterocycles. The SMILES string of the molecule is OC1(O)CNCCO1. The van der Waals surface area contributed by atoms with E-state index in [1.807, 2.05) is 0 Å². The van der Waals surface area contributed by atoms with E-state index in [9.17, 15) is 0 Å². The molecular weight excluding hydrogens is 110 g/mol. The van der Waals surface area contributed by atoms with Crippen LogP contribution < -0.4 is 5.32 Å². The Morgan fingerprint density at radius 2 is 2.25 bits per heavy atom. The van der Waals surface area contributed by atoms with Crippen LogP contribution in [0.4, 0.5) is 0 Å². The van der Waals surface area contributed by atoms with E-state index in [2.05, 4.69) is 10.1 Å². The fourth-order valence-corrected chi connectivity index (χ4v) is 0.589. The molecule has 0 atom stereocenters. The molecule has 0 bridgehead atoms. The molecule has 1 aliphatic rings. The summed E-state index contributed by atoms with van der Waals surface area (Å²) < 4.78 is 4.51. The lowest BCUT2D eigenvalue weighted by Crippen LogP contribution is -2.49. The van der Waals surface area contributed by atoms with Gasteiger partial charge in [0.05, 0.1) is 13.2 Å². The van der Waals surface area contributed by atoms with E-state index in [-0.39, 0.29) is 6.54 Å². The summed E-state index contributed by atoms with van der Waals surface area (Å²) >= 11 is 0. The lowest BCUT2D eigenvalue weighted by molar-refractivity contribution is -0.342. The lowest BCUT2D eigenvalue weighted by atomic mass is 10.4. The van der Waals surface area contributed by atoms with Crippen LogP contribution in [0.1, 0.15) is 0 Å². The second-order valence-electron chi connectivity index (χ2n) is 1.77. The summed E-state index contributed by atoms with van der Waals surface area (Å²) in [7, 11) is 0. The Labute approximate surface area is 47.1 Å². The van der Waals surface area contributed by atoms with Crippen LogP contribution in [0.15, 0.2) is 0 Å². The first-order valence-corrected chi connectivity index (χ1v) is 2.50. The molecule has 0 aliphatic carbocycles.